The maximum Gasteiger partial charge on any atom is 0.305 e. The highest BCUT2D eigenvalue weighted by Crippen LogP contribution is 2.41. The van der Waals surface area contributed by atoms with Gasteiger partial charge >= 0.3 is 5.97 Å². The number of carbonyl (C=O) groups is 1. The van der Waals surface area contributed by atoms with Crippen molar-refractivity contribution < 1.29 is 14.6 Å². The van der Waals surface area contributed by atoms with Crippen LogP contribution >= 0.6 is 23.2 Å². The van der Waals surface area contributed by atoms with Crippen LogP contribution in [0.15, 0.2) is 61.2 Å². The molecule has 2 aromatic carbocycles. The number of benzene rings is 2. The average Bonchev–Trinajstić information content (AvgIpc) is 3.46. The number of halogens is 2. The zero-order valence-electron chi connectivity index (χ0n) is 17.5. The monoisotopic (exact) mass is 482 g/mol. The molecule has 0 spiro atoms. The fourth-order valence-corrected chi connectivity index (χ4v) is 4.58. The predicted molar refractivity (Wildman–Crippen MR) is 128 cm³/mol. The first-order valence-corrected chi connectivity index (χ1v) is 11.2. The Balaban J connectivity index is 1.62. The van der Waals surface area contributed by atoms with E-state index in [1.807, 2.05) is 35.0 Å². The summed E-state index contributed by atoms with van der Waals surface area (Å²) in [6, 6.07) is 13.7. The molecular formula is C24H20Cl2N4O3. The number of hydrogen-bond acceptors (Lipinski definition) is 5. The summed E-state index contributed by atoms with van der Waals surface area (Å²) in [4.78, 5) is 22.1. The smallest absolute Gasteiger partial charge is 0.305 e. The van der Waals surface area contributed by atoms with Crippen LogP contribution < -0.4 is 4.90 Å². The summed E-state index contributed by atoms with van der Waals surface area (Å²) >= 11 is 12.9. The van der Waals surface area contributed by atoms with Gasteiger partial charge in [0.15, 0.2) is 0 Å². The zero-order valence-corrected chi connectivity index (χ0v) is 19.0. The second kappa shape index (κ2) is 9.02. The zero-order chi connectivity index (χ0) is 22.9. The van der Waals surface area contributed by atoms with E-state index in [1.165, 1.54) is 5.56 Å². The first-order valence-electron chi connectivity index (χ1n) is 10.5. The Hall–Kier alpha value is -3.13. The van der Waals surface area contributed by atoms with Crippen molar-refractivity contribution in [2.45, 2.75) is 18.9 Å². The summed E-state index contributed by atoms with van der Waals surface area (Å²) in [5.74, 6) is -0.179. The highest BCUT2D eigenvalue weighted by atomic mass is 35.5. The summed E-state index contributed by atoms with van der Waals surface area (Å²) in [6.07, 6.45) is 6.03. The average molecular weight is 483 g/mol. The number of carboxylic acids is 1. The number of fused-ring (bicyclic) bond motifs is 2. The van der Waals surface area contributed by atoms with Crippen molar-refractivity contribution in [1.82, 2.24) is 14.5 Å². The lowest BCUT2D eigenvalue weighted by molar-refractivity contribution is -0.138. The molecular weight excluding hydrogens is 463 g/mol. The molecule has 0 radical (unpaired) electrons. The van der Waals surface area contributed by atoms with Crippen LogP contribution in [0.4, 0.5) is 11.5 Å². The molecule has 0 aliphatic carbocycles. The number of para-hydroxylation sites is 1. The molecule has 1 atom stereocenters. The minimum absolute atomic E-state index is 0.0349. The van der Waals surface area contributed by atoms with Gasteiger partial charge in [-0.1, -0.05) is 41.4 Å². The van der Waals surface area contributed by atoms with Crippen LogP contribution in [0.5, 0.6) is 0 Å². The van der Waals surface area contributed by atoms with Gasteiger partial charge in [-0.05, 0) is 30.2 Å². The number of aliphatic carboxylic acids is 1. The SMILES string of the molecule is O=C(O)CCOC[C@@H]1Cc2ccccc2N1c1cc(-n2ccnc2)c2ccc(Cl)c(Cl)c2n1. The molecule has 9 heteroatoms. The summed E-state index contributed by atoms with van der Waals surface area (Å²) in [5, 5.41) is 10.6. The molecule has 4 aromatic rings. The second-order valence-corrected chi connectivity index (χ2v) is 8.59. The molecule has 7 nitrogen and oxygen atoms in total. The Labute approximate surface area is 200 Å². The van der Waals surface area contributed by atoms with Gasteiger partial charge < -0.3 is 19.3 Å². The molecule has 3 heterocycles. The molecule has 5 rings (SSSR count). The van der Waals surface area contributed by atoms with E-state index in [1.54, 1.807) is 18.6 Å². The molecule has 0 saturated carbocycles. The summed E-state index contributed by atoms with van der Waals surface area (Å²) in [7, 11) is 0. The minimum Gasteiger partial charge on any atom is -0.481 e. The third-order valence-corrected chi connectivity index (χ3v) is 6.50. The van der Waals surface area contributed by atoms with Crippen LogP contribution in [0, 0.1) is 0 Å². The Morgan fingerprint density at radius 3 is 2.82 bits per heavy atom. The van der Waals surface area contributed by atoms with Crippen LogP contribution in [0.25, 0.3) is 16.6 Å². The first kappa shape index (κ1) is 21.7. The number of nitrogens with zero attached hydrogens (tertiary/aromatic N) is 4. The van der Waals surface area contributed by atoms with Crippen molar-refractivity contribution in [3.05, 3.63) is 76.8 Å². The summed E-state index contributed by atoms with van der Waals surface area (Å²) in [6.45, 7) is 0.522. The van der Waals surface area contributed by atoms with E-state index in [4.69, 9.17) is 38.0 Å². The van der Waals surface area contributed by atoms with Crippen LogP contribution in [-0.2, 0) is 16.0 Å². The third-order valence-electron chi connectivity index (χ3n) is 5.71. The quantitative estimate of drug-likeness (QED) is 0.360. The van der Waals surface area contributed by atoms with E-state index in [2.05, 4.69) is 22.0 Å². The number of carboxylic acid groups (broad SMARTS) is 1. The Bertz CT molecular complexity index is 1330. The van der Waals surface area contributed by atoms with Gasteiger partial charge in [-0.15, -0.1) is 0 Å². The van der Waals surface area contributed by atoms with Crippen molar-refractivity contribution >= 4 is 51.6 Å². The molecule has 0 saturated heterocycles. The first-order chi connectivity index (χ1) is 16.0. The molecule has 1 N–H and O–H groups in total. The number of aromatic nitrogens is 3. The van der Waals surface area contributed by atoms with Crippen molar-refractivity contribution in [2.24, 2.45) is 0 Å². The second-order valence-electron chi connectivity index (χ2n) is 7.80. The summed E-state index contributed by atoms with van der Waals surface area (Å²) in [5.41, 5.74) is 3.68. The van der Waals surface area contributed by atoms with Gasteiger partial charge in [-0.3, -0.25) is 4.79 Å². The maximum absolute atomic E-state index is 10.9. The molecule has 0 unspecified atom stereocenters. The number of ether oxygens (including phenoxy) is 1. The van der Waals surface area contributed by atoms with Gasteiger partial charge in [0.05, 0.1) is 53.3 Å². The minimum atomic E-state index is -0.880. The summed E-state index contributed by atoms with van der Waals surface area (Å²) < 4.78 is 7.65. The fourth-order valence-electron chi connectivity index (χ4n) is 4.22. The molecule has 0 amide bonds. The Morgan fingerprint density at radius 2 is 2.03 bits per heavy atom. The number of hydrogen-bond donors (Lipinski definition) is 1. The van der Waals surface area contributed by atoms with Crippen LogP contribution in [0.3, 0.4) is 0 Å². The van der Waals surface area contributed by atoms with Crippen molar-refractivity contribution in [1.29, 1.82) is 0 Å². The largest absolute Gasteiger partial charge is 0.481 e. The van der Waals surface area contributed by atoms with Gasteiger partial charge in [0, 0.05) is 29.5 Å². The number of rotatable bonds is 7. The fraction of sp³-hybridized carbons (Fsp3) is 0.208. The highest BCUT2D eigenvalue weighted by Gasteiger charge is 2.32. The van der Waals surface area contributed by atoms with E-state index >= 15 is 0 Å². The van der Waals surface area contributed by atoms with E-state index in [-0.39, 0.29) is 19.1 Å². The third kappa shape index (κ3) is 4.15. The van der Waals surface area contributed by atoms with Gasteiger partial charge in [0.2, 0.25) is 0 Å². The topological polar surface area (TPSA) is 80.5 Å². The van der Waals surface area contributed by atoms with E-state index in [0.29, 0.717) is 28.0 Å². The maximum atomic E-state index is 10.9. The van der Waals surface area contributed by atoms with Gasteiger partial charge in [-0.2, -0.15) is 0 Å². The van der Waals surface area contributed by atoms with Crippen LogP contribution in [0.2, 0.25) is 10.0 Å². The lowest BCUT2D eigenvalue weighted by Crippen LogP contribution is -2.33. The Kier molecular flexibility index (Phi) is 5.93. The molecule has 2 aromatic heterocycles. The molecule has 168 valence electrons. The van der Waals surface area contributed by atoms with E-state index < -0.39 is 5.97 Å². The molecule has 0 fully saturated rings. The standard InChI is InChI=1S/C24H20Cl2N4O3/c25-18-6-5-17-20(29-9-8-27-14-29)12-21(28-24(17)23(18)26)30-16(13-33-10-7-22(31)32)11-15-3-1-2-4-19(15)30/h1-6,8-9,12,14,16H,7,10-11,13H2,(H,31,32)/t16-/m0/s1. The van der Waals surface area contributed by atoms with Gasteiger partial charge in [0.25, 0.3) is 0 Å². The predicted octanol–water partition coefficient (Wildman–Crippen LogP) is 5.28. The van der Waals surface area contributed by atoms with Gasteiger partial charge in [-0.25, -0.2) is 9.97 Å². The van der Waals surface area contributed by atoms with Crippen molar-refractivity contribution in [3.8, 4) is 5.69 Å². The molecule has 1 aliphatic heterocycles. The molecule has 0 bridgehead atoms. The Morgan fingerprint density at radius 1 is 1.18 bits per heavy atom. The van der Waals surface area contributed by atoms with Crippen LogP contribution in [-0.4, -0.2) is 44.9 Å². The number of anilines is 2. The number of imidazole rings is 1. The highest BCUT2D eigenvalue weighted by molar-refractivity contribution is 6.45. The van der Waals surface area contributed by atoms with Crippen LogP contribution in [0.1, 0.15) is 12.0 Å². The van der Waals surface area contributed by atoms with Crippen molar-refractivity contribution in [3.63, 3.8) is 0 Å². The van der Waals surface area contributed by atoms with Crippen molar-refractivity contribution in [2.75, 3.05) is 18.1 Å². The van der Waals surface area contributed by atoms with E-state index in [9.17, 15) is 4.79 Å². The van der Waals surface area contributed by atoms with E-state index in [0.717, 1.165) is 23.2 Å². The normalized spacial score (nSPS) is 15.2. The number of pyridine rings is 1. The molecule has 33 heavy (non-hydrogen) atoms. The van der Waals surface area contributed by atoms with Gasteiger partial charge in [0.1, 0.15) is 5.82 Å². The lowest BCUT2D eigenvalue weighted by Gasteiger charge is -2.27. The molecule has 1 aliphatic rings. The lowest BCUT2D eigenvalue weighted by atomic mass is 10.1.